The van der Waals surface area contributed by atoms with Gasteiger partial charge in [-0.15, -0.1) is 0 Å². The molecule has 2 aromatic rings. The van der Waals surface area contributed by atoms with Crippen molar-refractivity contribution in [2.75, 3.05) is 10.8 Å². The van der Waals surface area contributed by atoms with Gasteiger partial charge in [-0.3, -0.25) is 4.68 Å². The van der Waals surface area contributed by atoms with E-state index in [1.165, 1.54) is 4.31 Å². The van der Waals surface area contributed by atoms with Crippen LogP contribution in [-0.2, 0) is 21.7 Å². The van der Waals surface area contributed by atoms with Gasteiger partial charge in [-0.2, -0.15) is 14.0 Å². The van der Waals surface area contributed by atoms with Crippen LogP contribution in [0.1, 0.15) is 24.7 Å². The number of rotatable bonds is 5. The fourth-order valence-corrected chi connectivity index (χ4v) is 6.18. The summed E-state index contributed by atoms with van der Waals surface area (Å²) in [4.78, 5) is 0.0186. The van der Waals surface area contributed by atoms with E-state index in [4.69, 9.17) is 23.2 Å². The molecule has 1 aromatic heterocycles. The minimum atomic E-state index is -3.68. The minimum absolute atomic E-state index is 0.0186. The molecule has 2 rings (SSSR count). The normalized spacial score (nSPS) is 13.8. The van der Waals surface area contributed by atoms with Gasteiger partial charge >= 0.3 is 10.4 Å². The molecule has 1 aromatic carbocycles. The first-order chi connectivity index (χ1) is 11.1. The Bertz CT molecular complexity index is 802. The van der Waals surface area contributed by atoms with Gasteiger partial charge in [0.2, 0.25) is 0 Å². The third-order valence-corrected chi connectivity index (χ3v) is 6.89. The van der Waals surface area contributed by atoms with E-state index in [9.17, 15) is 8.76 Å². The Balaban J connectivity index is 2.69. The molecule has 0 saturated heterocycles. The minimum Gasteiger partial charge on any atom is -0.270 e. The average Bonchev–Trinajstić information content (AvgIpc) is 2.68. The lowest BCUT2D eigenvalue weighted by atomic mass is 10.3. The molecular weight excluding hydrogens is 437 g/mol. The summed E-state index contributed by atoms with van der Waals surface area (Å²) in [6, 6.07) is 3.12. The van der Waals surface area contributed by atoms with Crippen LogP contribution in [0.25, 0.3) is 0 Å². The van der Waals surface area contributed by atoms with E-state index >= 15 is 0 Å². The Hall–Kier alpha value is -0.600. The Morgan fingerprint density at radius 2 is 1.88 bits per heavy atom. The molecule has 1 N–H and O–H groups in total. The largest absolute Gasteiger partial charge is 0.351 e. The summed E-state index contributed by atoms with van der Waals surface area (Å²) in [5.74, 6) is 0. The van der Waals surface area contributed by atoms with Gasteiger partial charge in [-0.05, 0) is 36.6 Å². The van der Waals surface area contributed by atoms with Crippen molar-refractivity contribution >= 4 is 55.2 Å². The molecule has 5 nitrogen and oxygen atoms in total. The summed E-state index contributed by atoms with van der Waals surface area (Å²) < 4.78 is 28.2. The van der Waals surface area contributed by atoms with E-state index < -0.39 is 10.4 Å². The van der Waals surface area contributed by atoms with E-state index in [0.29, 0.717) is 28.8 Å². The zero-order chi connectivity index (χ0) is 18.2. The number of halogens is 3. The van der Waals surface area contributed by atoms with Crippen LogP contribution in [0.5, 0.6) is 0 Å². The van der Waals surface area contributed by atoms with Gasteiger partial charge in [0, 0.05) is 11.5 Å². The summed E-state index contributed by atoms with van der Waals surface area (Å²) in [6.07, 6.45) is 0.678. The van der Waals surface area contributed by atoms with Crippen molar-refractivity contribution in [3.05, 3.63) is 38.0 Å². The molecule has 0 amide bonds. The van der Waals surface area contributed by atoms with Gasteiger partial charge in [-0.1, -0.05) is 46.1 Å². The lowest BCUT2D eigenvalue weighted by molar-refractivity contribution is 0.492. The van der Waals surface area contributed by atoms with Crippen molar-refractivity contribution in [3.63, 3.8) is 0 Å². The molecule has 0 aliphatic heterocycles. The first-order valence-corrected chi connectivity index (χ1v) is 10.3. The summed E-state index contributed by atoms with van der Waals surface area (Å²) in [7, 11) is -1.88. The molecule has 1 heterocycles. The van der Waals surface area contributed by atoms with Crippen molar-refractivity contribution in [2.45, 2.75) is 32.1 Å². The highest BCUT2D eigenvalue weighted by Gasteiger charge is 2.44. The van der Waals surface area contributed by atoms with Crippen LogP contribution in [0.4, 0.5) is 5.69 Å². The van der Waals surface area contributed by atoms with Crippen molar-refractivity contribution in [2.24, 2.45) is 7.05 Å². The molecule has 24 heavy (non-hydrogen) atoms. The van der Waals surface area contributed by atoms with E-state index in [2.05, 4.69) is 21.0 Å². The fourth-order valence-electron chi connectivity index (χ4n) is 2.58. The summed E-state index contributed by atoms with van der Waals surface area (Å²) >= 11 is 15.8. The maximum Gasteiger partial charge on any atom is 0.351 e. The molecule has 0 saturated carbocycles. The first-order valence-electron chi connectivity index (χ1n) is 7.30. The lowest BCUT2D eigenvalue weighted by Crippen LogP contribution is -2.38. The zero-order valence-electron chi connectivity index (χ0n) is 13.8. The standard InChI is InChI=1S/C15H18BrCl2N3O2S/c1-5-6-21(14-9(2)19-20(4)10(14)3)24(22,23)15-12(17)7-11(16)8-13(15)18/h7-8H,5-6H2,1-4H3/p+1. The molecule has 1 unspecified atom stereocenters. The van der Waals surface area contributed by atoms with Crippen molar-refractivity contribution in [1.82, 2.24) is 9.78 Å². The molecule has 132 valence electrons. The second-order valence-electron chi connectivity index (χ2n) is 5.44. The summed E-state index contributed by atoms with van der Waals surface area (Å²) in [5.41, 5.74) is 2.10. The van der Waals surface area contributed by atoms with Crippen LogP contribution in [0.3, 0.4) is 0 Å². The maximum absolute atomic E-state index is 13.4. The quantitative estimate of drug-likeness (QED) is 0.624. The van der Waals surface area contributed by atoms with Gasteiger partial charge in [0.25, 0.3) is 4.90 Å². The van der Waals surface area contributed by atoms with Crippen molar-refractivity contribution in [3.8, 4) is 0 Å². The highest BCUT2D eigenvalue weighted by molar-refractivity contribution is 9.10. The smallest absolute Gasteiger partial charge is 0.270 e. The number of aryl methyl sites for hydroxylation is 2. The second-order valence-corrected chi connectivity index (χ2v) is 9.01. The fraction of sp³-hybridized carbons (Fsp3) is 0.400. The molecule has 0 aliphatic rings. The van der Waals surface area contributed by atoms with Gasteiger partial charge in [0.15, 0.2) is 0 Å². The van der Waals surface area contributed by atoms with Crippen molar-refractivity contribution < 1.29 is 8.76 Å². The number of hydrogen-bond donors (Lipinski definition) is 1. The van der Waals surface area contributed by atoms with Crippen LogP contribution in [0, 0.1) is 13.8 Å². The van der Waals surface area contributed by atoms with E-state index in [0.717, 1.165) is 5.69 Å². The van der Waals surface area contributed by atoms with E-state index in [1.807, 2.05) is 20.8 Å². The Morgan fingerprint density at radius 1 is 1.33 bits per heavy atom. The van der Waals surface area contributed by atoms with E-state index in [-0.39, 0.29) is 14.9 Å². The van der Waals surface area contributed by atoms with Gasteiger partial charge in [-0.25, -0.2) is 0 Å². The average molecular weight is 456 g/mol. The zero-order valence-corrected chi connectivity index (χ0v) is 17.7. The Kier molecular flexibility index (Phi) is 6.03. The Morgan fingerprint density at radius 3 is 2.29 bits per heavy atom. The van der Waals surface area contributed by atoms with Gasteiger partial charge in [0.1, 0.15) is 15.7 Å². The topological polar surface area (TPSA) is 58.4 Å². The first kappa shape index (κ1) is 19.7. The van der Waals surface area contributed by atoms with Crippen LogP contribution < -0.4 is 4.31 Å². The number of aromatic nitrogens is 2. The summed E-state index contributed by atoms with van der Waals surface area (Å²) in [6.45, 7) is 5.98. The molecule has 0 radical (unpaired) electrons. The van der Waals surface area contributed by atoms with Crippen LogP contribution in [0.2, 0.25) is 10.0 Å². The molecule has 1 atom stereocenters. The maximum atomic E-state index is 13.4. The molecule has 9 heteroatoms. The predicted octanol–water partition coefficient (Wildman–Crippen LogP) is 5.27. The second kappa shape index (κ2) is 7.33. The van der Waals surface area contributed by atoms with Gasteiger partial charge < -0.3 is 0 Å². The lowest BCUT2D eigenvalue weighted by Gasteiger charge is -2.22. The van der Waals surface area contributed by atoms with E-state index in [1.54, 1.807) is 23.9 Å². The third-order valence-electron chi connectivity index (χ3n) is 3.67. The Labute approximate surface area is 161 Å². The van der Waals surface area contributed by atoms with Crippen LogP contribution >= 0.6 is 39.1 Å². The summed E-state index contributed by atoms with van der Waals surface area (Å²) in [5, 5.41) is 4.63. The number of hydrogen-bond acceptors (Lipinski definition) is 2. The molecular formula is C15H19BrCl2N3O2S+. The van der Waals surface area contributed by atoms with Crippen LogP contribution in [-0.4, -0.2) is 20.9 Å². The molecule has 0 aliphatic carbocycles. The van der Waals surface area contributed by atoms with Crippen molar-refractivity contribution in [1.29, 1.82) is 0 Å². The third kappa shape index (κ3) is 3.51. The number of benzene rings is 1. The highest BCUT2D eigenvalue weighted by Crippen LogP contribution is 2.40. The molecule has 0 spiro atoms. The highest BCUT2D eigenvalue weighted by atomic mass is 79.9. The molecule has 0 fully saturated rings. The number of nitrogens with zero attached hydrogens (tertiary/aromatic N) is 3. The SMILES string of the molecule is CCCN(c1c(C)nn(C)c1C)[S+](=O)(O)c1c(Cl)cc(Br)cc1Cl. The van der Waals surface area contributed by atoms with Gasteiger partial charge in [0.05, 0.1) is 17.9 Å². The predicted molar refractivity (Wildman–Crippen MR) is 103 cm³/mol. The van der Waals surface area contributed by atoms with Crippen LogP contribution in [0.15, 0.2) is 21.5 Å². The number of anilines is 1. The monoisotopic (exact) mass is 454 g/mol. The molecule has 0 bridgehead atoms.